The summed E-state index contributed by atoms with van der Waals surface area (Å²) in [7, 11) is 0. The average Bonchev–Trinajstić information content (AvgIpc) is 2.85. The number of carbonyl (C=O) groups excluding carboxylic acids is 1. The van der Waals surface area contributed by atoms with Crippen molar-refractivity contribution in [2.24, 2.45) is 0 Å². The van der Waals surface area contributed by atoms with Crippen molar-refractivity contribution >= 4 is 29.1 Å². The van der Waals surface area contributed by atoms with Gasteiger partial charge in [-0.15, -0.1) is 0 Å². The van der Waals surface area contributed by atoms with Gasteiger partial charge in [0.25, 0.3) is 5.91 Å². The van der Waals surface area contributed by atoms with Gasteiger partial charge in [-0.2, -0.15) is 0 Å². The van der Waals surface area contributed by atoms with Crippen LogP contribution >= 0.6 is 23.2 Å². The Kier molecular flexibility index (Phi) is 4.80. The third-order valence-corrected chi connectivity index (χ3v) is 3.66. The maximum Gasteiger partial charge on any atom is 0.252 e. The minimum Gasteiger partial charge on any atom is -0.351 e. The first kappa shape index (κ1) is 13.6. The highest BCUT2D eigenvalue weighted by Crippen LogP contribution is 2.19. The first-order valence-corrected chi connectivity index (χ1v) is 6.74. The van der Waals surface area contributed by atoms with Crippen LogP contribution in [0.3, 0.4) is 0 Å². The Labute approximate surface area is 116 Å². The summed E-state index contributed by atoms with van der Waals surface area (Å²) in [6, 6.07) is 1.53. The molecule has 1 amide bonds. The van der Waals surface area contributed by atoms with Gasteiger partial charge in [-0.05, 0) is 32.0 Å². The van der Waals surface area contributed by atoms with E-state index in [9.17, 15) is 4.79 Å². The van der Waals surface area contributed by atoms with Crippen molar-refractivity contribution < 1.29 is 4.79 Å². The molecule has 2 rings (SSSR count). The van der Waals surface area contributed by atoms with E-state index in [1.54, 1.807) is 0 Å². The second kappa shape index (κ2) is 6.36. The lowest BCUT2D eigenvalue weighted by Gasteiger charge is -2.14. The maximum absolute atomic E-state index is 11.8. The van der Waals surface area contributed by atoms with Crippen molar-refractivity contribution in [3.05, 3.63) is 28.0 Å². The van der Waals surface area contributed by atoms with Crippen LogP contribution in [-0.2, 0) is 0 Å². The van der Waals surface area contributed by atoms with Crippen LogP contribution in [0.1, 0.15) is 23.2 Å². The molecule has 0 aliphatic carbocycles. The van der Waals surface area contributed by atoms with Gasteiger partial charge in [-0.25, -0.2) is 4.98 Å². The van der Waals surface area contributed by atoms with Gasteiger partial charge in [0, 0.05) is 19.3 Å². The summed E-state index contributed by atoms with van der Waals surface area (Å²) in [5.74, 6) is -0.166. The molecule has 0 radical (unpaired) electrons. The fourth-order valence-electron chi connectivity index (χ4n) is 1.98. The van der Waals surface area contributed by atoms with E-state index in [0.717, 1.165) is 19.6 Å². The van der Waals surface area contributed by atoms with Gasteiger partial charge in [0.05, 0.1) is 10.6 Å². The monoisotopic (exact) mass is 287 g/mol. The normalized spacial score (nSPS) is 15.9. The molecule has 1 N–H and O–H groups in total. The topological polar surface area (TPSA) is 45.2 Å². The lowest BCUT2D eigenvalue weighted by atomic mass is 10.2. The molecule has 0 saturated carbocycles. The second-order valence-electron chi connectivity index (χ2n) is 4.30. The van der Waals surface area contributed by atoms with Crippen molar-refractivity contribution in [1.82, 2.24) is 15.2 Å². The van der Waals surface area contributed by atoms with Gasteiger partial charge in [-0.1, -0.05) is 23.2 Å². The summed E-state index contributed by atoms with van der Waals surface area (Å²) in [5, 5.41) is 3.36. The molecule has 0 aromatic carbocycles. The molecule has 1 aliphatic heterocycles. The summed E-state index contributed by atoms with van der Waals surface area (Å²) in [6.07, 6.45) is 3.94. The zero-order valence-corrected chi connectivity index (χ0v) is 11.5. The van der Waals surface area contributed by atoms with Crippen LogP contribution in [0.4, 0.5) is 0 Å². The Balaban J connectivity index is 1.81. The molecule has 0 atom stereocenters. The number of amides is 1. The maximum atomic E-state index is 11.8. The van der Waals surface area contributed by atoms with Crippen LogP contribution in [0, 0.1) is 0 Å². The number of nitrogens with zero attached hydrogens (tertiary/aromatic N) is 2. The van der Waals surface area contributed by atoms with Gasteiger partial charge in [-0.3, -0.25) is 4.79 Å². The lowest BCUT2D eigenvalue weighted by molar-refractivity contribution is 0.0949. The zero-order chi connectivity index (χ0) is 13.0. The fraction of sp³-hybridized carbons (Fsp3) is 0.500. The number of likely N-dealkylation sites (tertiary alicyclic amines) is 1. The summed E-state index contributed by atoms with van der Waals surface area (Å²) in [4.78, 5) is 18.0. The quantitative estimate of drug-likeness (QED) is 0.864. The predicted octanol–water partition coefficient (Wildman–Crippen LogP) is 2.21. The highest BCUT2D eigenvalue weighted by molar-refractivity contribution is 6.41. The Morgan fingerprint density at radius 2 is 2.11 bits per heavy atom. The van der Waals surface area contributed by atoms with Gasteiger partial charge < -0.3 is 10.2 Å². The Morgan fingerprint density at radius 3 is 2.78 bits per heavy atom. The van der Waals surface area contributed by atoms with Crippen molar-refractivity contribution in [3.8, 4) is 0 Å². The van der Waals surface area contributed by atoms with E-state index in [1.807, 2.05) is 0 Å². The van der Waals surface area contributed by atoms with Crippen LogP contribution in [0.25, 0.3) is 0 Å². The molecule has 2 heterocycles. The number of halogens is 2. The Bertz CT molecular complexity index is 433. The van der Waals surface area contributed by atoms with E-state index >= 15 is 0 Å². The fourth-order valence-corrected chi connectivity index (χ4v) is 2.25. The predicted molar refractivity (Wildman–Crippen MR) is 72.3 cm³/mol. The molecule has 1 fully saturated rings. The zero-order valence-electron chi connectivity index (χ0n) is 9.96. The SMILES string of the molecule is O=C(NCCN1CCCC1)c1cnc(Cl)c(Cl)c1. The van der Waals surface area contributed by atoms with E-state index in [2.05, 4.69) is 15.2 Å². The lowest BCUT2D eigenvalue weighted by Crippen LogP contribution is -2.33. The largest absolute Gasteiger partial charge is 0.351 e. The van der Waals surface area contributed by atoms with Crippen molar-refractivity contribution in [2.45, 2.75) is 12.8 Å². The van der Waals surface area contributed by atoms with Crippen LogP contribution in [-0.4, -0.2) is 42.0 Å². The van der Waals surface area contributed by atoms with Crippen LogP contribution in [0.5, 0.6) is 0 Å². The number of rotatable bonds is 4. The van der Waals surface area contributed by atoms with Crippen molar-refractivity contribution in [3.63, 3.8) is 0 Å². The molecule has 0 unspecified atom stereocenters. The van der Waals surface area contributed by atoms with E-state index < -0.39 is 0 Å². The smallest absolute Gasteiger partial charge is 0.252 e. The van der Waals surface area contributed by atoms with Gasteiger partial charge in [0.1, 0.15) is 5.15 Å². The number of hydrogen-bond donors (Lipinski definition) is 1. The number of carbonyl (C=O) groups is 1. The molecular formula is C12H15Cl2N3O. The molecule has 0 bridgehead atoms. The third kappa shape index (κ3) is 3.57. The van der Waals surface area contributed by atoms with E-state index in [-0.39, 0.29) is 11.1 Å². The standard InChI is InChI=1S/C12H15Cl2N3O/c13-10-7-9(8-16-11(10)14)12(18)15-3-6-17-4-1-2-5-17/h7-8H,1-6H2,(H,15,18). The molecule has 98 valence electrons. The Morgan fingerprint density at radius 1 is 1.39 bits per heavy atom. The summed E-state index contributed by atoms with van der Waals surface area (Å²) in [5.41, 5.74) is 0.436. The number of pyridine rings is 1. The first-order valence-electron chi connectivity index (χ1n) is 5.98. The molecule has 1 aromatic heterocycles. The summed E-state index contributed by atoms with van der Waals surface area (Å²) < 4.78 is 0. The Hall–Kier alpha value is -0.840. The van der Waals surface area contributed by atoms with Crippen LogP contribution < -0.4 is 5.32 Å². The molecule has 1 aromatic rings. The average molecular weight is 288 g/mol. The summed E-state index contributed by atoms with van der Waals surface area (Å²) >= 11 is 11.5. The van der Waals surface area contributed by atoms with Gasteiger partial charge in [0.15, 0.2) is 0 Å². The molecule has 1 aliphatic rings. The molecule has 1 saturated heterocycles. The molecule has 6 heteroatoms. The van der Waals surface area contributed by atoms with Gasteiger partial charge >= 0.3 is 0 Å². The van der Waals surface area contributed by atoms with Crippen molar-refractivity contribution in [2.75, 3.05) is 26.2 Å². The molecular weight excluding hydrogens is 273 g/mol. The molecule has 18 heavy (non-hydrogen) atoms. The minimum absolute atomic E-state index is 0.166. The third-order valence-electron chi connectivity index (χ3n) is 2.97. The molecule has 0 spiro atoms. The minimum atomic E-state index is -0.166. The highest BCUT2D eigenvalue weighted by Gasteiger charge is 2.12. The first-order chi connectivity index (χ1) is 8.66. The molecule has 4 nitrogen and oxygen atoms in total. The van der Waals surface area contributed by atoms with Crippen LogP contribution in [0.15, 0.2) is 12.3 Å². The van der Waals surface area contributed by atoms with E-state index in [1.165, 1.54) is 25.1 Å². The number of aromatic nitrogens is 1. The van der Waals surface area contributed by atoms with Crippen LogP contribution in [0.2, 0.25) is 10.2 Å². The summed E-state index contributed by atoms with van der Waals surface area (Å²) in [6.45, 7) is 3.79. The number of nitrogens with one attached hydrogen (secondary N) is 1. The number of hydrogen-bond acceptors (Lipinski definition) is 3. The van der Waals surface area contributed by atoms with Crippen molar-refractivity contribution in [1.29, 1.82) is 0 Å². The second-order valence-corrected chi connectivity index (χ2v) is 5.07. The van der Waals surface area contributed by atoms with E-state index in [4.69, 9.17) is 23.2 Å². The van der Waals surface area contributed by atoms with Gasteiger partial charge in [0.2, 0.25) is 0 Å². The highest BCUT2D eigenvalue weighted by atomic mass is 35.5. The van der Waals surface area contributed by atoms with E-state index in [0.29, 0.717) is 17.1 Å².